The van der Waals surface area contributed by atoms with E-state index in [1.165, 1.54) is 18.4 Å². The van der Waals surface area contributed by atoms with Gasteiger partial charge in [-0.1, -0.05) is 11.6 Å². The molecule has 0 radical (unpaired) electrons. The highest BCUT2D eigenvalue weighted by Crippen LogP contribution is 2.45. The maximum atomic E-state index is 6.19. The van der Waals surface area contributed by atoms with Crippen LogP contribution in [0.25, 0.3) is 33.3 Å². The summed E-state index contributed by atoms with van der Waals surface area (Å²) in [6.07, 6.45) is 8.07. The van der Waals surface area contributed by atoms with E-state index in [0.717, 1.165) is 59.5 Å². The van der Waals surface area contributed by atoms with E-state index >= 15 is 0 Å². The van der Waals surface area contributed by atoms with Gasteiger partial charge < -0.3 is 15.2 Å². The maximum absolute atomic E-state index is 6.19. The molecule has 6 rings (SSSR count). The first kappa shape index (κ1) is 17.1. The molecule has 1 aliphatic heterocycles. The average Bonchev–Trinajstić information content (AvgIpc) is 3.53. The topological polar surface area (TPSA) is 82.6 Å². The van der Waals surface area contributed by atoms with E-state index in [4.69, 9.17) is 21.6 Å². The number of halogens is 1. The van der Waals surface area contributed by atoms with Gasteiger partial charge in [0.25, 0.3) is 0 Å². The normalized spacial score (nSPS) is 17.3. The molecule has 0 aromatic carbocycles. The summed E-state index contributed by atoms with van der Waals surface area (Å²) in [5.41, 5.74) is 3.85. The van der Waals surface area contributed by atoms with E-state index < -0.39 is 0 Å². The molecule has 4 aromatic heterocycles. The van der Waals surface area contributed by atoms with Crippen molar-refractivity contribution in [3.05, 3.63) is 41.4 Å². The van der Waals surface area contributed by atoms with E-state index in [1.54, 1.807) is 6.20 Å². The zero-order valence-corrected chi connectivity index (χ0v) is 16.6. The fourth-order valence-corrected chi connectivity index (χ4v) is 4.41. The predicted molar refractivity (Wildman–Crippen MR) is 114 cm³/mol. The van der Waals surface area contributed by atoms with Gasteiger partial charge in [0.1, 0.15) is 16.6 Å². The number of nitrogens with one attached hydrogen (secondary N) is 2. The third-order valence-electron chi connectivity index (χ3n) is 5.79. The van der Waals surface area contributed by atoms with Gasteiger partial charge in [-0.3, -0.25) is 4.98 Å². The summed E-state index contributed by atoms with van der Waals surface area (Å²) < 4.78 is 0. The van der Waals surface area contributed by atoms with E-state index in [2.05, 4.69) is 25.2 Å². The second-order valence-corrected chi connectivity index (χ2v) is 8.15. The second-order valence-electron chi connectivity index (χ2n) is 7.74. The molecule has 0 amide bonds. The molecule has 8 heteroatoms. The molecule has 0 bridgehead atoms. The summed E-state index contributed by atoms with van der Waals surface area (Å²) >= 11 is 6.19. The molecule has 4 aromatic rings. The Morgan fingerprint density at radius 2 is 1.97 bits per heavy atom. The lowest BCUT2D eigenvalue weighted by atomic mass is 10.1. The highest BCUT2D eigenvalue weighted by Gasteiger charge is 2.29. The maximum Gasteiger partial charge on any atom is 0.163 e. The largest absolute Gasteiger partial charge is 0.353 e. The van der Waals surface area contributed by atoms with Crippen molar-refractivity contribution < 1.29 is 0 Å². The number of fused-ring (bicyclic) bond motifs is 2. The monoisotopic (exact) mass is 405 g/mol. The van der Waals surface area contributed by atoms with Gasteiger partial charge >= 0.3 is 0 Å². The van der Waals surface area contributed by atoms with Crippen LogP contribution in [0.15, 0.2) is 30.7 Å². The quantitative estimate of drug-likeness (QED) is 0.542. The third-order valence-corrected chi connectivity index (χ3v) is 5.99. The van der Waals surface area contributed by atoms with Crippen molar-refractivity contribution in [2.75, 3.05) is 31.1 Å². The number of aromatic nitrogens is 5. The molecule has 7 nitrogen and oxygen atoms in total. The number of piperazine rings is 1. The van der Waals surface area contributed by atoms with Gasteiger partial charge in [0.2, 0.25) is 0 Å². The van der Waals surface area contributed by atoms with Gasteiger partial charge in [-0.2, -0.15) is 0 Å². The van der Waals surface area contributed by atoms with Crippen LogP contribution in [-0.2, 0) is 0 Å². The molecule has 1 aliphatic carbocycles. The zero-order valence-electron chi connectivity index (χ0n) is 15.8. The Labute approximate surface area is 172 Å². The van der Waals surface area contributed by atoms with Crippen molar-refractivity contribution in [1.82, 2.24) is 30.2 Å². The molecule has 5 heterocycles. The van der Waals surface area contributed by atoms with Gasteiger partial charge in [0.15, 0.2) is 5.82 Å². The van der Waals surface area contributed by atoms with Crippen molar-refractivity contribution in [3.8, 4) is 11.4 Å². The van der Waals surface area contributed by atoms with Crippen LogP contribution >= 0.6 is 11.6 Å². The van der Waals surface area contributed by atoms with E-state index in [9.17, 15) is 0 Å². The second kappa shape index (κ2) is 6.64. The molecule has 0 spiro atoms. The van der Waals surface area contributed by atoms with E-state index in [-0.39, 0.29) is 0 Å². The van der Waals surface area contributed by atoms with Crippen molar-refractivity contribution in [1.29, 1.82) is 0 Å². The Hall–Kier alpha value is -2.77. The van der Waals surface area contributed by atoms with Crippen molar-refractivity contribution in [2.24, 2.45) is 0 Å². The lowest BCUT2D eigenvalue weighted by Crippen LogP contribution is -2.44. The number of H-pyrrole nitrogens is 1. The van der Waals surface area contributed by atoms with Crippen LogP contribution in [0.5, 0.6) is 0 Å². The lowest BCUT2D eigenvalue weighted by Gasteiger charge is -2.30. The van der Waals surface area contributed by atoms with Crippen LogP contribution in [0.1, 0.15) is 24.3 Å². The summed E-state index contributed by atoms with van der Waals surface area (Å²) in [5.74, 6) is 2.28. The SMILES string of the molecule is Clc1cc2c(-c3nc(N4CCNCC4)c4c(C5CC5)cncc4n3)ccnc2[nH]1. The number of hydrogen-bond acceptors (Lipinski definition) is 6. The van der Waals surface area contributed by atoms with Gasteiger partial charge in [-0.15, -0.1) is 0 Å². The Morgan fingerprint density at radius 1 is 1.10 bits per heavy atom. The van der Waals surface area contributed by atoms with Crippen LogP contribution in [-0.4, -0.2) is 51.1 Å². The van der Waals surface area contributed by atoms with Crippen molar-refractivity contribution >= 4 is 39.4 Å². The summed E-state index contributed by atoms with van der Waals surface area (Å²) in [7, 11) is 0. The minimum absolute atomic E-state index is 0.556. The molecular weight excluding hydrogens is 386 g/mol. The van der Waals surface area contributed by atoms with Gasteiger partial charge in [0.05, 0.1) is 11.7 Å². The van der Waals surface area contributed by atoms with Crippen LogP contribution in [0.4, 0.5) is 5.82 Å². The summed E-state index contributed by atoms with van der Waals surface area (Å²) in [6, 6.07) is 3.84. The summed E-state index contributed by atoms with van der Waals surface area (Å²) in [5, 5.41) is 6.07. The minimum atomic E-state index is 0.556. The van der Waals surface area contributed by atoms with E-state index in [0.29, 0.717) is 16.9 Å². The number of pyridine rings is 2. The fraction of sp³-hybridized carbons (Fsp3) is 0.333. The standard InChI is InChI=1S/C21H20ClN7/c22-17-9-14-13(3-4-25-19(14)27-17)20-26-16-11-24-10-15(12-1-2-12)18(16)21(28-20)29-7-5-23-6-8-29/h3-4,9-12,23H,1-2,5-8H2,(H,25,27). The molecule has 2 N–H and O–H groups in total. The number of rotatable bonds is 3. The molecule has 1 saturated carbocycles. The molecule has 0 unspecified atom stereocenters. The molecule has 29 heavy (non-hydrogen) atoms. The van der Waals surface area contributed by atoms with Crippen LogP contribution in [0.3, 0.4) is 0 Å². The molecular formula is C21H20ClN7. The van der Waals surface area contributed by atoms with Crippen molar-refractivity contribution in [3.63, 3.8) is 0 Å². The summed E-state index contributed by atoms with van der Waals surface area (Å²) in [4.78, 5) is 24.4. The smallest absolute Gasteiger partial charge is 0.163 e. The van der Waals surface area contributed by atoms with Gasteiger partial charge in [-0.05, 0) is 36.5 Å². The molecule has 146 valence electrons. The zero-order chi connectivity index (χ0) is 19.4. The Morgan fingerprint density at radius 3 is 2.79 bits per heavy atom. The average molecular weight is 406 g/mol. The molecule has 1 saturated heterocycles. The third kappa shape index (κ3) is 2.92. The molecule has 2 aliphatic rings. The molecule has 2 fully saturated rings. The first-order chi connectivity index (χ1) is 14.3. The van der Waals surface area contributed by atoms with E-state index in [1.807, 2.05) is 24.5 Å². The van der Waals surface area contributed by atoms with Crippen LogP contribution in [0.2, 0.25) is 5.15 Å². The van der Waals surface area contributed by atoms with Crippen LogP contribution < -0.4 is 10.2 Å². The first-order valence-electron chi connectivity index (χ1n) is 10.0. The molecule has 0 atom stereocenters. The number of aromatic amines is 1. The Balaban J connectivity index is 1.62. The highest BCUT2D eigenvalue weighted by molar-refractivity contribution is 6.30. The summed E-state index contributed by atoms with van der Waals surface area (Å²) in [6.45, 7) is 3.77. The first-order valence-corrected chi connectivity index (χ1v) is 10.4. The lowest BCUT2D eigenvalue weighted by molar-refractivity contribution is 0.586. The fourth-order valence-electron chi connectivity index (χ4n) is 4.21. The number of nitrogens with zero attached hydrogens (tertiary/aromatic N) is 5. The number of anilines is 1. The van der Waals surface area contributed by atoms with Gasteiger partial charge in [-0.25, -0.2) is 15.0 Å². The van der Waals surface area contributed by atoms with Gasteiger partial charge in [0, 0.05) is 54.9 Å². The van der Waals surface area contributed by atoms with Crippen molar-refractivity contribution in [2.45, 2.75) is 18.8 Å². The minimum Gasteiger partial charge on any atom is -0.353 e. The van der Waals surface area contributed by atoms with Crippen LogP contribution in [0, 0.1) is 0 Å². The number of hydrogen-bond donors (Lipinski definition) is 2. The highest BCUT2D eigenvalue weighted by atomic mass is 35.5. The Bertz CT molecular complexity index is 1220. The Kier molecular flexibility index (Phi) is 3.92. The predicted octanol–water partition coefficient (Wildman–Crippen LogP) is 3.51.